The molecule has 0 amide bonds. The molecule has 4 heteroatoms. The molecule has 0 aliphatic rings. The first kappa shape index (κ1) is 29.8. The first-order valence-electron chi connectivity index (χ1n) is 17.5. The molecular weight excluding hydrogens is 635 g/mol. The monoisotopic (exact) mass is 665 g/mol. The van der Waals surface area contributed by atoms with Crippen molar-refractivity contribution in [1.29, 1.82) is 0 Å². The minimum Gasteiger partial charge on any atom is -0.456 e. The maximum absolute atomic E-state index is 6.09. The fourth-order valence-corrected chi connectivity index (χ4v) is 7.20. The molecule has 0 bridgehead atoms. The van der Waals surface area contributed by atoms with Crippen molar-refractivity contribution in [2.45, 2.75) is 0 Å². The summed E-state index contributed by atoms with van der Waals surface area (Å²) >= 11 is 0. The highest BCUT2D eigenvalue weighted by atomic mass is 16.3. The third-order valence-corrected chi connectivity index (χ3v) is 9.94. The van der Waals surface area contributed by atoms with Crippen molar-refractivity contribution in [3.63, 3.8) is 0 Å². The van der Waals surface area contributed by atoms with Gasteiger partial charge in [-0.25, -0.2) is 0 Å². The Kier molecular flexibility index (Phi) is 7.10. The fraction of sp³-hybridized carbons (Fsp3) is 0. The zero-order chi connectivity index (χ0) is 34.4. The number of aromatic nitrogens is 2. The Morgan fingerprint density at radius 3 is 1.35 bits per heavy atom. The second-order valence-electron chi connectivity index (χ2n) is 13.1. The maximum atomic E-state index is 6.09. The standard InChI is InChI=1S/C48H31N3O/c1-3-9-38-30-49-45(28-35(38)7-1)33-15-22-41(23-16-33)51(42-24-17-34(18-25-42)46-29-36-8-2-4-10-39(36)31-50-46)40-20-13-32(14-21-40)37-19-26-48-44(27-37)43-11-5-6-12-47(43)52-48/h1-31H. The van der Waals surface area contributed by atoms with Crippen LogP contribution in [-0.2, 0) is 0 Å². The molecule has 0 atom stereocenters. The largest absolute Gasteiger partial charge is 0.456 e. The van der Waals surface area contributed by atoms with Crippen LogP contribution in [0.5, 0.6) is 0 Å². The summed E-state index contributed by atoms with van der Waals surface area (Å²) < 4.78 is 6.09. The van der Waals surface area contributed by atoms with Gasteiger partial charge in [0.15, 0.2) is 0 Å². The summed E-state index contributed by atoms with van der Waals surface area (Å²) in [6.45, 7) is 0. The van der Waals surface area contributed by atoms with Crippen molar-refractivity contribution in [3.05, 3.63) is 188 Å². The number of para-hydroxylation sites is 1. The van der Waals surface area contributed by atoms with Gasteiger partial charge in [-0.2, -0.15) is 0 Å². The average molecular weight is 666 g/mol. The molecule has 52 heavy (non-hydrogen) atoms. The smallest absolute Gasteiger partial charge is 0.135 e. The summed E-state index contributed by atoms with van der Waals surface area (Å²) in [6.07, 6.45) is 3.90. The molecule has 0 radical (unpaired) electrons. The minimum absolute atomic E-state index is 0.900. The molecule has 0 saturated carbocycles. The Hall–Kier alpha value is -7.04. The zero-order valence-corrected chi connectivity index (χ0v) is 28.1. The lowest BCUT2D eigenvalue weighted by molar-refractivity contribution is 0.669. The first-order valence-corrected chi connectivity index (χ1v) is 17.5. The lowest BCUT2D eigenvalue weighted by Crippen LogP contribution is -2.09. The SMILES string of the molecule is c1ccc2cc(-c3ccc(N(c4ccc(-c5ccc6oc7ccccc7c6c5)cc4)c4ccc(-c5cc6ccccc6cn5)cc4)cc3)ncc2c1. The van der Waals surface area contributed by atoms with Crippen LogP contribution in [0, 0.1) is 0 Å². The van der Waals surface area contributed by atoms with Crippen molar-refractivity contribution in [2.24, 2.45) is 0 Å². The van der Waals surface area contributed by atoms with Crippen LogP contribution in [-0.4, -0.2) is 9.97 Å². The van der Waals surface area contributed by atoms with Gasteiger partial charge in [0.2, 0.25) is 0 Å². The van der Waals surface area contributed by atoms with Crippen molar-refractivity contribution >= 4 is 60.5 Å². The van der Waals surface area contributed by atoms with Gasteiger partial charge in [-0.3, -0.25) is 9.97 Å². The Balaban J connectivity index is 1.02. The van der Waals surface area contributed by atoms with E-state index in [1.165, 1.54) is 10.8 Å². The van der Waals surface area contributed by atoms with Crippen LogP contribution in [0.25, 0.3) is 77.1 Å². The van der Waals surface area contributed by atoms with Gasteiger partial charge in [0.05, 0.1) is 11.4 Å². The number of fused-ring (bicyclic) bond motifs is 5. The Labute approximate surface area is 300 Å². The van der Waals surface area contributed by atoms with Crippen LogP contribution in [0.4, 0.5) is 17.1 Å². The van der Waals surface area contributed by atoms with E-state index in [0.717, 1.165) is 83.4 Å². The fourth-order valence-electron chi connectivity index (χ4n) is 7.20. The molecule has 3 heterocycles. The van der Waals surface area contributed by atoms with Gasteiger partial charge in [0.25, 0.3) is 0 Å². The number of nitrogens with zero attached hydrogens (tertiary/aromatic N) is 3. The Bertz CT molecular complexity index is 2770. The van der Waals surface area contributed by atoms with E-state index in [2.05, 4.69) is 157 Å². The van der Waals surface area contributed by atoms with Crippen LogP contribution in [0.15, 0.2) is 193 Å². The van der Waals surface area contributed by atoms with Crippen LogP contribution in [0.2, 0.25) is 0 Å². The third kappa shape index (κ3) is 5.34. The highest BCUT2D eigenvalue weighted by Crippen LogP contribution is 2.39. The van der Waals surface area contributed by atoms with Gasteiger partial charge in [-0.05, 0) is 88.6 Å². The number of rotatable bonds is 6. The first-order chi connectivity index (χ1) is 25.7. The van der Waals surface area contributed by atoms with Crippen LogP contribution in [0.3, 0.4) is 0 Å². The molecule has 0 spiro atoms. The number of furan rings is 1. The van der Waals surface area contributed by atoms with E-state index in [1.54, 1.807) is 0 Å². The van der Waals surface area contributed by atoms with Crippen molar-refractivity contribution in [2.75, 3.05) is 4.90 Å². The molecule has 0 N–H and O–H groups in total. The van der Waals surface area contributed by atoms with E-state index in [4.69, 9.17) is 14.4 Å². The van der Waals surface area contributed by atoms with Crippen molar-refractivity contribution in [1.82, 2.24) is 9.97 Å². The van der Waals surface area contributed by atoms with Crippen LogP contribution in [0.1, 0.15) is 0 Å². The lowest BCUT2D eigenvalue weighted by atomic mass is 10.0. The molecule has 0 unspecified atom stereocenters. The van der Waals surface area contributed by atoms with E-state index < -0.39 is 0 Å². The normalized spacial score (nSPS) is 11.5. The Morgan fingerprint density at radius 2 is 0.788 bits per heavy atom. The molecule has 0 saturated heterocycles. The molecule has 7 aromatic carbocycles. The quantitative estimate of drug-likeness (QED) is 0.177. The number of benzene rings is 7. The molecule has 0 fully saturated rings. The van der Waals surface area contributed by atoms with E-state index in [-0.39, 0.29) is 0 Å². The van der Waals surface area contributed by atoms with Gasteiger partial charge in [-0.1, -0.05) is 109 Å². The predicted octanol–water partition coefficient (Wildman–Crippen LogP) is 13.2. The average Bonchev–Trinajstić information content (AvgIpc) is 3.59. The summed E-state index contributed by atoms with van der Waals surface area (Å²) in [5, 5.41) is 6.89. The number of anilines is 3. The number of pyridine rings is 2. The molecule has 3 aromatic heterocycles. The van der Waals surface area contributed by atoms with E-state index in [0.29, 0.717) is 0 Å². The van der Waals surface area contributed by atoms with Gasteiger partial charge >= 0.3 is 0 Å². The Morgan fingerprint density at radius 1 is 0.346 bits per heavy atom. The molecule has 0 aliphatic carbocycles. The van der Waals surface area contributed by atoms with Crippen molar-refractivity contribution < 1.29 is 4.42 Å². The minimum atomic E-state index is 0.900. The van der Waals surface area contributed by atoms with E-state index in [1.807, 2.05) is 36.7 Å². The third-order valence-electron chi connectivity index (χ3n) is 9.94. The van der Waals surface area contributed by atoms with Gasteiger partial charge in [0, 0.05) is 62.1 Å². The highest BCUT2D eigenvalue weighted by molar-refractivity contribution is 6.06. The lowest BCUT2D eigenvalue weighted by Gasteiger charge is -2.26. The topological polar surface area (TPSA) is 42.2 Å². The van der Waals surface area contributed by atoms with Gasteiger partial charge < -0.3 is 9.32 Å². The maximum Gasteiger partial charge on any atom is 0.135 e. The number of hydrogen-bond donors (Lipinski definition) is 0. The van der Waals surface area contributed by atoms with Crippen LogP contribution < -0.4 is 4.90 Å². The summed E-state index contributed by atoms with van der Waals surface area (Å²) in [5.74, 6) is 0. The summed E-state index contributed by atoms with van der Waals surface area (Å²) in [7, 11) is 0. The molecular formula is C48H31N3O. The summed E-state index contributed by atoms with van der Waals surface area (Å²) in [5.41, 5.74) is 11.3. The van der Waals surface area contributed by atoms with E-state index >= 15 is 0 Å². The highest BCUT2D eigenvalue weighted by Gasteiger charge is 2.15. The van der Waals surface area contributed by atoms with Crippen molar-refractivity contribution in [3.8, 4) is 33.6 Å². The molecule has 4 nitrogen and oxygen atoms in total. The second-order valence-corrected chi connectivity index (χ2v) is 13.1. The second kappa shape index (κ2) is 12.4. The van der Waals surface area contributed by atoms with Gasteiger partial charge in [-0.15, -0.1) is 0 Å². The number of hydrogen-bond acceptors (Lipinski definition) is 4. The zero-order valence-electron chi connectivity index (χ0n) is 28.1. The molecule has 244 valence electrons. The van der Waals surface area contributed by atoms with E-state index in [9.17, 15) is 0 Å². The molecule has 0 aliphatic heterocycles. The van der Waals surface area contributed by atoms with Gasteiger partial charge in [0.1, 0.15) is 11.2 Å². The summed E-state index contributed by atoms with van der Waals surface area (Å²) in [4.78, 5) is 11.8. The molecule has 10 rings (SSSR count). The van der Waals surface area contributed by atoms with Crippen LogP contribution >= 0.6 is 0 Å². The predicted molar refractivity (Wildman–Crippen MR) is 215 cm³/mol. The summed E-state index contributed by atoms with van der Waals surface area (Å²) in [6, 6.07) is 61.8. The molecule has 10 aromatic rings.